The zero-order chi connectivity index (χ0) is 21.5. The van der Waals surface area contributed by atoms with Gasteiger partial charge in [0.05, 0.1) is 13.1 Å². The first-order chi connectivity index (χ1) is 14.5. The predicted octanol–water partition coefficient (Wildman–Crippen LogP) is 2.83. The summed E-state index contributed by atoms with van der Waals surface area (Å²) in [6.45, 7) is 8.56. The predicted molar refractivity (Wildman–Crippen MR) is 123 cm³/mol. The fourth-order valence-corrected chi connectivity index (χ4v) is 4.68. The van der Waals surface area contributed by atoms with Crippen molar-refractivity contribution in [1.29, 1.82) is 0 Å². The van der Waals surface area contributed by atoms with Gasteiger partial charge in [-0.25, -0.2) is 0 Å². The van der Waals surface area contributed by atoms with Crippen LogP contribution in [0.5, 0.6) is 0 Å². The number of carbonyl (C=O) groups excluding carboxylic acids is 2. The molecule has 1 fully saturated rings. The molecule has 0 atom stereocenters. The van der Waals surface area contributed by atoms with Gasteiger partial charge in [-0.2, -0.15) is 0 Å². The van der Waals surface area contributed by atoms with Gasteiger partial charge in [0.25, 0.3) is 0 Å². The molecule has 6 nitrogen and oxygen atoms in total. The van der Waals surface area contributed by atoms with E-state index in [1.54, 1.807) is 11.3 Å². The van der Waals surface area contributed by atoms with Crippen LogP contribution < -0.4 is 5.32 Å². The average Bonchev–Trinajstić information content (AvgIpc) is 3.13. The van der Waals surface area contributed by atoms with Crippen molar-refractivity contribution in [2.75, 3.05) is 51.6 Å². The smallest absolute Gasteiger partial charge is 0.238 e. The quantitative estimate of drug-likeness (QED) is 0.703. The molecule has 0 bridgehead atoms. The standard InChI is InChI=1S/C23H32N4O2S/c1-4-19-7-5-6-8-20(19)24-22(28)16-26-10-12-27(13-11-26)23(29)17-25(3)15-21-18(2)9-14-30-21/h5-9,14H,4,10-13,15-17H2,1-3H3,(H,24,28). The first kappa shape index (κ1) is 22.5. The normalized spacial score (nSPS) is 14.9. The first-order valence-corrected chi connectivity index (χ1v) is 11.4. The second-order valence-corrected chi connectivity index (χ2v) is 8.92. The highest BCUT2D eigenvalue weighted by molar-refractivity contribution is 7.10. The number of anilines is 1. The third-order valence-electron chi connectivity index (χ3n) is 5.55. The topological polar surface area (TPSA) is 55.9 Å². The van der Waals surface area contributed by atoms with Crippen molar-refractivity contribution >= 4 is 28.8 Å². The molecule has 30 heavy (non-hydrogen) atoms. The van der Waals surface area contributed by atoms with Crippen LogP contribution in [0, 0.1) is 6.92 Å². The number of para-hydroxylation sites is 1. The fraction of sp³-hybridized carbons (Fsp3) is 0.478. The van der Waals surface area contributed by atoms with Crippen molar-refractivity contribution < 1.29 is 9.59 Å². The van der Waals surface area contributed by atoms with Crippen LogP contribution in [0.1, 0.15) is 22.9 Å². The Hall–Kier alpha value is -2.22. The molecule has 1 aliphatic rings. The molecular weight excluding hydrogens is 396 g/mol. The van der Waals surface area contributed by atoms with E-state index in [4.69, 9.17) is 0 Å². The highest BCUT2D eigenvalue weighted by atomic mass is 32.1. The molecule has 1 aromatic carbocycles. The van der Waals surface area contributed by atoms with Gasteiger partial charge in [-0.1, -0.05) is 25.1 Å². The Labute approximate surface area is 183 Å². The van der Waals surface area contributed by atoms with Crippen LogP contribution in [0.25, 0.3) is 0 Å². The number of aryl methyl sites for hydroxylation is 2. The minimum atomic E-state index is 0.00160. The van der Waals surface area contributed by atoms with Gasteiger partial charge in [-0.05, 0) is 49.0 Å². The molecule has 1 aliphatic heterocycles. The molecule has 162 valence electrons. The van der Waals surface area contributed by atoms with Crippen LogP contribution in [0.2, 0.25) is 0 Å². The maximum Gasteiger partial charge on any atom is 0.238 e. The molecule has 2 amide bonds. The largest absolute Gasteiger partial charge is 0.339 e. The molecule has 0 saturated carbocycles. The van der Waals surface area contributed by atoms with Crippen molar-refractivity contribution in [3.05, 3.63) is 51.7 Å². The third kappa shape index (κ3) is 6.14. The molecule has 1 N–H and O–H groups in total. The van der Waals surface area contributed by atoms with Gasteiger partial charge in [-0.15, -0.1) is 11.3 Å². The number of hydrogen-bond acceptors (Lipinski definition) is 5. The first-order valence-electron chi connectivity index (χ1n) is 10.6. The maximum atomic E-state index is 12.7. The van der Waals surface area contributed by atoms with Gasteiger partial charge >= 0.3 is 0 Å². The lowest BCUT2D eigenvalue weighted by molar-refractivity contribution is -0.134. The Morgan fingerprint density at radius 3 is 2.53 bits per heavy atom. The van der Waals surface area contributed by atoms with E-state index in [-0.39, 0.29) is 11.8 Å². The van der Waals surface area contributed by atoms with Gasteiger partial charge < -0.3 is 10.2 Å². The molecule has 0 radical (unpaired) electrons. The number of carbonyl (C=O) groups is 2. The number of piperazine rings is 1. The summed E-state index contributed by atoms with van der Waals surface area (Å²) in [4.78, 5) is 32.5. The number of nitrogens with zero attached hydrogens (tertiary/aromatic N) is 3. The minimum Gasteiger partial charge on any atom is -0.339 e. The summed E-state index contributed by atoms with van der Waals surface area (Å²) >= 11 is 1.74. The van der Waals surface area contributed by atoms with Gasteiger partial charge in [0, 0.05) is 43.3 Å². The summed E-state index contributed by atoms with van der Waals surface area (Å²) in [6.07, 6.45) is 0.887. The molecule has 0 spiro atoms. The lowest BCUT2D eigenvalue weighted by Gasteiger charge is -2.35. The van der Waals surface area contributed by atoms with Crippen molar-refractivity contribution in [2.45, 2.75) is 26.8 Å². The SMILES string of the molecule is CCc1ccccc1NC(=O)CN1CCN(C(=O)CN(C)Cc2sccc2C)CC1. The lowest BCUT2D eigenvalue weighted by atomic mass is 10.1. The molecule has 1 saturated heterocycles. The van der Waals surface area contributed by atoms with E-state index in [0.717, 1.165) is 37.3 Å². The van der Waals surface area contributed by atoms with E-state index in [1.165, 1.54) is 10.4 Å². The van der Waals surface area contributed by atoms with Crippen LogP contribution in [-0.2, 0) is 22.6 Å². The Bertz CT molecular complexity index is 858. The second kappa shape index (κ2) is 10.7. The van der Waals surface area contributed by atoms with E-state index >= 15 is 0 Å². The van der Waals surface area contributed by atoms with Crippen LogP contribution in [-0.4, -0.2) is 72.8 Å². The number of rotatable bonds is 8. The fourth-order valence-electron chi connectivity index (χ4n) is 3.70. The van der Waals surface area contributed by atoms with E-state index in [2.05, 4.69) is 40.4 Å². The van der Waals surface area contributed by atoms with Gasteiger partial charge in [-0.3, -0.25) is 19.4 Å². The molecule has 2 aromatic rings. The molecule has 7 heteroatoms. The molecule has 0 unspecified atom stereocenters. The molecule has 2 heterocycles. The zero-order valence-corrected chi connectivity index (χ0v) is 19.0. The Balaban J connectivity index is 1.41. The number of amides is 2. The van der Waals surface area contributed by atoms with Crippen LogP contribution in [0.4, 0.5) is 5.69 Å². The van der Waals surface area contributed by atoms with E-state index < -0.39 is 0 Å². The Morgan fingerprint density at radius 1 is 1.13 bits per heavy atom. The van der Waals surface area contributed by atoms with E-state index in [1.807, 2.05) is 36.2 Å². The number of benzene rings is 1. The summed E-state index contributed by atoms with van der Waals surface area (Å²) < 4.78 is 0. The van der Waals surface area contributed by atoms with Crippen LogP contribution in [0.3, 0.4) is 0 Å². The monoisotopic (exact) mass is 428 g/mol. The Morgan fingerprint density at radius 2 is 1.87 bits per heavy atom. The van der Waals surface area contributed by atoms with Crippen LogP contribution >= 0.6 is 11.3 Å². The summed E-state index contributed by atoms with van der Waals surface area (Å²) in [5, 5.41) is 5.12. The summed E-state index contributed by atoms with van der Waals surface area (Å²) in [5.41, 5.74) is 3.32. The van der Waals surface area contributed by atoms with Crippen molar-refractivity contribution in [3.63, 3.8) is 0 Å². The number of thiophene rings is 1. The second-order valence-electron chi connectivity index (χ2n) is 7.91. The van der Waals surface area contributed by atoms with Gasteiger partial charge in [0.2, 0.25) is 11.8 Å². The maximum absolute atomic E-state index is 12.7. The highest BCUT2D eigenvalue weighted by Gasteiger charge is 2.23. The number of likely N-dealkylation sites (N-methyl/N-ethyl adjacent to an activating group) is 1. The Kier molecular flexibility index (Phi) is 8.01. The molecule has 1 aromatic heterocycles. The number of nitrogens with one attached hydrogen (secondary N) is 1. The third-order valence-corrected chi connectivity index (χ3v) is 6.56. The minimum absolute atomic E-state index is 0.00160. The zero-order valence-electron chi connectivity index (χ0n) is 18.2. The molecular formula is C23H32N4O2S. The average molecular weight is 429 g/mol. The van der Waals surface area contributed by atoms with Gasteiger partial charge in [0.1, 0.15) is 0 Å². The van der Waals surface area contributed by atoms with Crippen molar-refractivity contribution in [1.82, 2.24) is 14.7 Å². The van der Waals surface area contributed by atoms with Crippen LogP contribution in [0.15, 0.2) is 35.7 Å². The molecule has 0 aliphatic carbocycles. The summed E-state index contributed by atoms with van der Waals surface area (Å²) in [5.74, 6) is 0.161. The lowest BCUT2D eigenvalue weighted by Crippen LogP contribution is -2.52. The summed E-state index contributed by atoms with van der Waals surface area (Å²) in [6, 6.07) is 10.0. The van der Waals surface area contributed by atoms with Crippen molar-refractivity contribution in [3.8, 4) is 0 Å². The van der Waals surface area contributed by atoms with Gasteiger partial charge in [0.15, 0.2) is 0 Å². The molecule has 3 rings (SSSR count). The van der Waals surface area contributed by atoms with E-state index in [0.29, 0.717) is 26.2 Å². The number of hydrogen-bond donors (Lipinski definition) is 1. The van der Waals surface area contributed by atoms with Crippen molar-refractivity contribution in [2.24, 2.45) is 0 Å². The van der Waals surface area contributed by atoms with E-state index in [9.17, 15) is 9.59 Å². The highest BCUT2D eigenvalue weighted by Crippen LogP contribution is 2.17. The summed E-state index contributed by atoms with van der Waals surface area (Å²) in [7, 11) is 1.99.